The van der Waals surface area contributed by atoms with Crippen LogP contribution in [0.1, 0.15) is 120 Å². The minimum Gasteiger partial charge on any atom is -0.444 e. The van der Waals surface area contributed by atoms with Gasteiger partial charge < -0.3 is 39.8 Å². The summed E-state index contributed by atoms with van der Waals surface area (Å²) in [6, 6.07) is 14.7. The number of benzene rings is 2. The normalized spacial score (nSPS) is 19.9. The van der Waals surface area contributed by atoms with E-state index in [0.717, 1.165) is 16.7 Å². The van der Waals surface area contributed by atoms with Gasteiger partial charge in [-0.15, -0.1) is 9.98 Å². The van der Waals surface area contributed by atoms with Crippen LogP contribution in [-0.2, 0) is 35.1 Å². The minimum absolute atomic E-state index is 0.0342. The summed E-state index contributed by atoms with van der Waals surface area (Å²) in [5.74, 6) is -0.540. The smallest absolute Gasteiger partial charge is 0.437 e. The summed E-state index contributed by atoms with van der Waals surface area (Å²) in [6.45, 7) is 21.7. The highest BCUT2D eigenvalue weighted by Gasteiger charge is 2.62. The number of carbonyl (C=O) groups is 6. The highest BCUT2D eigenvalue weighted by molar-refractivity contribution is 6.01. The van der Waals surface area contributed by atoms with Crippen LogP contribution in [0.25, 0.3) is 5.57 Å². The predicted octanol–water partition coefficient (Wildman–Crippen LogP) is 8.49. The van der Waals surface area contributed by atoms with Crippen molar-refractivity contribution in [3.8, 4) is 0 Å². The molecule has 18 heteroatoms. The predicted molar refractivity (Wildman–Crippen MR) is 250 cm³/mol. The third kappa shape index (κ3) is 15.3. The molecule has 5 N–H and O–H groups in total. The molecular formula is C48H66N8O10. The molecule has 1 atom stereocenters. The van der Waals surface area contributed by atoms with E-state index in [1.807, 2.05) is 30.3 Å². The second-order valence-electron chi connectivity index (χ2n) is 20.9. The van der Waals surface area contributed by atoms with E-state index in [4.69, 9.17) is 18.9 Å². The molecule has 2 aromatic carbocycles. The molecule has 2 aromatic rings. The number of amides is 6. The third-order valence-electron chi connectivity index (χ3n) is 10.4. The van der Waals surface area contributed by atoms with E-state index in [0.29, 0.717) is 50.1 Å². The average Bonchev–Trinajstić information content (AvgIpc) is 3.74. The lowest BCUT2D eigenvalue weighted by molar-refractivity contribution is -0.129. The van der Waals surface area contributed by atoms with Gasteiger partial charge in [0.1, 0.15) is 22.4 Å². The standard InChI is InChI=1S/C48H66N8O10/c1-44(2,3)63-40(59)52-38(53-41(60)64-45(4,5)6)49-28-29-13-17-34(18-14-29)51-37(58)48-25-32(26-48)35(27-48)36(57)50-33-19-15-30(16-20-33)31-21-23-56(24-22-31)39(54-42(61)65-46(7,8)9)55-43(62)66-47(10,11)12/h13-21,32,35H,22-28H2,1-12H3,(H,50,57)(H,51,58)(H,54,55,61,62)(H2,49,52,53,59,60)/t32?,35-,48?/m1/s1. The van der Waals surface area contributed by atoms with Crippen LogP contribution in [0.5, 0.6) is 0 Å². The van der Waals surface area contributed by atoms with Crippen molar-refractivity contribution < 1.29 is 47.7 Å². The van der Waals surface area contributed by atoms with Crippen molar-refractivity contribution in [1.29, 1.82) is 0 Å². The van der Waals surface area contributed by atoms with E-state index in [2.05, 4.69) is 36.6 Å². The maximum atomic E-state index is 13.6. The fourth-order valence-electron chi connectivity index (χ4n) is 7.68. The number of guanidine groups is 2. The Balaban J connectivity index is 1.13. The Kier molecular flexibility index (Phi) is 15.3. The highest BCUT2D eigenvalue weighted by Crippen LogP contribution is 2.62. The number of alkyl carbamates (subject to hydrolysis) is 2. The van der Waals surface area contributed by atoms with Crippen LogP contribution in [0, 0.1) is 17.3 Å². The average molecular weight is 915 g/mol. The van der Waals surface area contributed by atoms with Crippen molar-refractivity contribution in [1.82, 2.24) is 20.9 Å². The molecule has 4 aliphatic rings. The molecule has 0 radical (unpaired) electrons. The summed E-state index contributed by atoms with van der Waals surface area (Å²) >= 11 is 0. The number of hydrogen-bond donors (Lipinski definition) is 5. The number of anilines is 2. The van der Waals surface area contributed by atoms with E-state index in [9.17, 15) is 28.8 Å². The van der Waals surface area contributed by atoms with E-state index in [1.165, 1.54) is 0 Å². The van der Waals surface area contributed by atoms with Crippen LogP contribution in [0.15, 0.2) is 64.6 Å². The maximum absolute atomic E-state index is 13.6. The molecule has 358 valence electrons. The number of rotatable bonds is 7. The first-order valence-electron chi connectivity index (χ1n) is 22.2. The zero-order valence-corrected chi connectivity index (χ0v) is 40.2. The van der Waals surface area contributed by atoms with Crippen LogP contribution in [0.2, 0.25) is 0 Å². The van der Waals surface area contributed by atoms with E-state index in [-0.39, 0.29) is 42.1 Å². The molecule has 0 unspecified atom stereocenters. The van der Waals surface area contributed by atoms with Crippen LogP contribution < -0.4 is 26.6 Å². The summed E-state index contributed by atoms with van der Waals surface area (Å²) < 4.78 is 21.3. The van der Waals surface area contributed by atoms with Crippen molar-refractivity contribution in [2.24, 2.45) is 27.2 Å². The van der Waals surface area contributed by atoms with Crippen molar-refractivity contribution >= 4 is 65.1 Å². The molecule has 0 aromatic heterocycles. The molecule has 6 rings (SSSR count). The number of nitrogens with zero attached hydrogens (tertiary/aromatic N) is 3. The van der Waals surface area contributed by atoms with Gasteiger partial charge in [0, 0.05) is 36.9 Å². The Labute approximate surface area is 387 Å². The van der Waals surface area contributed by atoms with Gasteiger partial charge in [-0.25, -0.2) is 19.2 Å². The zero-order chi connectivity index (χ0) is 48.8. The second kappa shape index (κ2) is 20.0. The Hall–Kier alpha value is -6.46. The molecule has 3 fully saturated rings. The quantitative estimate of drug-likeness (QED) is 0.100. The van der Waals surface area contributed by atoms with Gasteiger partial charge in [-0.05, 0) is 156 Å². The lowest BCUT2D eigenvalue weighted by Crippen LogP contribution is -2.48. The molecule has 18 nitrogen and oxygen atoms in total. The zero-order valence-electron chi connectivity index (χ0n) is 40.2. The number of aliphatic imine (C=N–C) groups is 2. The van der Waals surface area contributed by atoms with Gasteiger partial charge >= 0.3 is 24.4 Å². The Bertz CT molecular complexity index is 2240. The van der Waals surface area contributed by atoms with E-state index in [1.54, 1.807) is 112 Å². The van der Waals surface area contributed by atoms with Gasteiger partial charge in [-0.3, -0.25) is 20.2 Å². The highest BCUT2D eigenvalue weighted by atomic mass is 16.6. The van der Waals surface area contributed by atoms with Crippen molar-refractivity contribution in [3.05, 3.63) is 65.7 Å². The monoisotopic (exact) mass is 914 g/mol. The first kappa shape index (κ1) is 50.5. The van der Waals surface area contributed by atoms with Gasteiger partial charge in [0.2, 0.25) is 23.7 Å². The number of hydrogen-bond acceptors (Lipinski definition) is 10. The summed E-state index contributed by atoms with van der Waals surface area (Å²) in [5.41, 5.74) is 0.332. The molecule has 66 heavy (non-hydrogen) atoms. The molecular weight excluding hydrogens is 849 g/mol. The van der Waals surface area contributed by atoms with Gasteiger partial charge in [-0.2, -0.15) is 0 Å². The molecule has 0 spiro atoms. The maximum Gasteiger partial charge on any atom is 0.437 e. The summed E-state index contributed by atoms with van der Waals surface area (Å²) in [4.78, 5) is 87.0. The lowest BCUT2D eigenvalue weighted by atomic mass is 9.68. The lowest BCUT2D eigenvalue weighted by Gasteiger charge is -2.36. The van der Waals surface area contributed by atoms with E-state index < -0.39 is 52.2 Å². The number of ether oxygens (including phenoxy) is 4. The van der Waals surface area contributed by atoms with Gasteiger partial charge in [0.15, 0.2) is 0 Å². The SMILES string of the molecule is CC(C)(C)OC(=O)/N=C(/NCc1ccc(NC(=O)C23CC(C2)[C@H](C(=O)Nc2ccc(C4=CCN(/C(=N\C(=O)OC(C)(C)C)NC(=O)OC(C)(C)C)CC4)cc2)C3)cc1)NC(=O)OC(C)(C)C. The molecule has 1 heterocycles. The van der Waals surface area contributed by atoms with Crippen LogP contribution >= 0.6 is 0 Å². The van der Waals surface area contributed by atoms with Gasteiger partial charge in [0.05, 0.1) is 5.41 Å². The topological polar surface area (TPSA) is 227 Å². The Morgan fingerprint density at radius 3 is 1.70 bits per heavy atom. The first-order valence-corrected chi connectivity index (χ1v) is 22.2. The van der Waals surface area contributed by atoms with Crippen LogP contribution in [0.3, 0.4) is 0 Å². The molecule has 6 amide bonds. The van der Waals surface area contributed by atoms with Crippen LogP contribution in [-0.4, -0.2) is 88.5 Å². The summed E-state index contributed by atoms with van der Waals surface area (Å²) in [6.07, 6.45) is 1.04. The number of carbonyl (C=O) groups excluding carboxylic acids is 6. The molecule has 2 bridgehead atoms. The Morgan fingerprint density at radius 1 is 0.652 bits per heavy atom. The van der Waals surface area contributed by atoms with Gasteiger partial charge in [-0.1, -0.05) is 30.3 Å². The van der Waals surface area contributed by atoms with Crippen LogP contribution in [0.4, 0.5) is 30.6 Å². The van der Waals surface area contributed by atoms with Gasteiger partial charge in [0.25, 0.3) is 0 Å². The van der Waals surface area contributed by atoms with Crippen molar-refractivity contribution in [2.45, 2.75) is 138 Å². The second-order valence-corrected chi connectivity index (χ2v) is 20.9. The molecule has 3 aliphatic carbocycles. The fourth-order valence-corrected chi connectivity index (χ4v) is 7.68. The number of fused-ring (bicyclic) bond motifs is 1. The molecule has 3 saturated carbocycles. The third-order valence-corrected chi connectivity index (χ3v) is 10.4. The first-order chi connectivity index (χ1) is 30.5. The van der Waals surface area contributed by atoms with Crippen molar-refractivity contribution in [2.75, 3.05) is 23.7 Å². The van der Waals surface area contributed by atoms with Crippen molar-refractivity contribution in [3.63, 3.8) is 0 Å². The largest absolute Gasteiger partial charge is 0.444 e. The minimum atomic E-state index is -0.889. The fraction of sp³-hybridized carbons (Fsp3) is 0.542. The summed E-state index contributed by atoms with van der Waals surface area (Å²) in [7, 11) is 0. The Morgan fingerprint density at radius 2 is 1.17 bits per heavy atom. The van der Waals surface area contributed by atoms with E-state index >= 15 is 0 Å². The molecule has 0 saturated heterocycles. The summed E-state index contributed by atoms with van der Waals surface area (Å²) in [5, 5.41) is 14.1. The number of nitrogens with one attached hydrogen (secondary N) is 5. The molecule has 1 aliphatic heterocycles.